The van der Waals surface area contributed by atoms with Gasteiger partial charge in [0.2, 0.25) is 0 Å². The molecule has 1 unspecified atom stereocenters. The quantitative estimate of drug-likeness (QED) is 0.722. The zero-order chi connectivity index (χ0) is 12.3. The van der Waals surface area contributed by atoms with E-state index >= 15 is 0 Å². The lowest BCUT2D eigenvalue weighted by atomic mass is 10.1. The van der Waals surface area contributed by atoms with Crippen molar-refractivity contribution in [3.05, 3.63) is 52.4 Å². The summed E-state index contributed by atoms with van der Waals surface area (Å²) < 4.78 is 11.7. The summed E-state index contributed by atoms with van der Waals surface area (Å²) in [4.78, 5) is 0.0597. The van der Waals surface area contributed by atoms with Gasteiger partial charge in [0, 0.05) is 0 Å². The highest BCUT2D eigenvalue weighted by Gasteiger charge is 2.14. The molecule has 2 aromatic rings. The van der Waals surface area contributed by atoms with Crippen molar-refractivity contribution in [3.8, 4) is 5.75 Å². The van der Waals surface area contributed by atoms with Gasteiger partial charge >= 0.3 is 0 Å². The molecule has 1 atom stereocenters. The maximum atomic E-state index is 5.52. The average Bonchev–Trinajstić information content (AvgIpc) is 2.76. The second kappa shape index (κ2) is 5.74. The lowest BCUT2D eigenvalue weighted by Gasteiger charge is -2.08. The summed E-state index contributed by atoms with van der Waals surface area (Å²) in [6, 6.07) is 11.8. The molecule has 0 spiro atoms. The molecule has 0 radical (unpaired) electrons. The molecule has 0 saturated carbocycles. The molecule has 0 aliphatic carbocycles. The number of furan rings is 1. The zero-order valence-electron chi connectivity index (χ0n) is 9.32. The molecule has 0 amide bonds. The number of hydrogen-bond acceptors (Lipinski definition) is 2. The molecule has 0 bridgehead atoms. The Balaban J connectivity index is 2.16. The van der Waals surface area contributed by atoms with Crippen LogP contribution in [0.4, 0.5) is 0 Å². The lowest BCUT2D eigenvalue weighted by Crippen LogP contribution is -1.93. The van der Waals surface area contributed by atoms with Gasteiger partial charge in [-0.05, 0) is 52.7 Å². The summed E-state index contributed by atoms with van der Waals surface area (Å²) in [5.74, 6) is 1.76. The molecule has 2 nitrogen and oxygen atoms in total. The number of halogens is 2. The minimum absolute atomic E-state index is 0.0597. The molecule has 17 heavy (non-hydrogen) atoms. The van der Waals surface area contributed by atoms with Crippen molar-refractivity contribution in [1.82, 2.24) is 0 Å². The van der Waals surface area contributed by atoms with Gasteiger partial charge in [-0.25, -0.2) is 0 Å². The third-order valence-electron chi connectivity index (χ3n) is 2.33. The fourth-order valence-electron chi connectivity index (χ4n) is 1.53. The molecular formula is C13H12Br2O2. The van der Waals surface area contributed by atoms with Crippen LogP contribution in [0.25, 0.3) is 0 Å². The first-order chi connectivity index (χ1) is 8.20. The van der Waals surface area contributed by atoms with Crippen LogP contribution in [-0.2, 0) is 0 Å². The minimum atomic E-state index is 0.0597. The molecule has 0 N–H and O–H groups in total. The van der Waals surface area contributed by atoms with E-state index in [9.17, 15) is 0 Å². The average molecular weight is 360 g/mol. The Bertz CT molecular complexity index is 476. The van der Waals surface area contributed by atoms with Gasteiger partial charge in [0.15, 0.2) is 4.67 Å². The van der Waals surface area contributed by atoms with Gasteiger partial charge in [-0.3, -0.25) is 0 Å². The molecular weight excluding hydrogens is 348 g/mol. The Labute approximate surface area is 117 Å². The molecule has 0 fully saturated rings. The van der Waals surface area contributed by atoms with Crippen LogP contribution in [0.1, 0.15) is 23.1 Å². The van der Waals surface area contributed by atoms with Crippen molar-refractivity contribution in [3.63, 3.8) is 0 Å². The van der Waals surface area contributed by atoms with Crippen molar-refractivity contribution < 1.29 is 9.15 Å². The Morgan fingerprint density at radius 1 is 1.18 bits per heavy atom. The largest absolute Gasteiger partial charge is 0.494 e. The molecule has 0 saturated heterocycles. The third kappa shape index (κ3) is 3.13. The van der Waals surface area contributed by atoms with Gasteiger partial charge in [-0.1, -0.05) is 28.1 Å². The van der Waals surface area contributed by atoms with Gasteiger partial charge in [0.1, 0.15) is 11.5 Å². The Hall–Kier alpha value is -0.740. The second-order valence-corrected chi connectivity index (χ2v) is 5.20. The topological polar surface area (TPSA) is 22.4 Å². The predicted molar refractivity (Wildman–Crippen MR) is 74.8 cm³/mol. The van der Waals surface area contributed by atoms with Crippen molar-refractivity contribution in [1.29, 1.82) is 0 Å². The Kier molecular flexibility index (Phi) is 4.29. The van der Waals surface area contributed by atoms with Crippen LogP contribution in [0, 0.1) is 0 Å². The van der Waals surface area contributed by atoms with Crippen molar-refractivity contribution in [2.45, 2.75) is 11.8 Å². The monoisotopic (exact) mass is 358 g/mol. The fraction of sp³-hybridized carbons (Fsp3) is 0.231. The minimum Gasteiger partial charge on any atom is -0.494 e. The van der Waals surface area contributed by atoms with Crippen molar-refractivity contribution >= 4 is 31.9 Å². The van der Waals surface area contributed by atoms with Crippen LogP contribution in [0.15, 0.2) is 45.5 Å². The van der Waals surface area contributed by atoms with Crippen LogP contribution in [0.2, 0.25) is 0 Å². The van der Waals surface area contributed by atoms with Gasteiger partial charge in [-0.15, -0.1) is 0 Å². The number of alkyl halides is 1. The van der Waals surface area contributed by atoms with Crippen LogP contribution >= 0.6 is 31.9 Å². The van der Waals surface area contributed by atoms with Crippen LogP contribution in [0.5, 0.6) is 5.75 Å². The van der Waals surface area contributed by atoms with E-state index < -0.39 is 0 Å². The predicted octanol–water partition coefficient (Wildman–Crippen LogP) is 4.93. The SMILES string of the molecule is CCOc1ccc(C(Br)c2ccc(Br)o2)cc1. The maximum Gasteiger partial charge on any atom is 0.169 e. The summed E-state index contributed by atoms with van der Waals surface area (Å²) in [5.41, 5.74) is 1.13. The molecule has 1 heterocycles. The lowest BCUT2D eigenvalue weighted by molar-refractivity contribution is 0.340. The highest BCUT2D eigenvalue weighted by atomic mass is 79.9. The normalized spacial score (nSPS) is 12.4. The van der Waals surface area contributed by atoms with Crippen molar-refractivity contribution in [2.24, 2.45) is 0 Å². The van der Waals surface area contributed by atoms with Crippen molar-refractivity contribution in [2.75, 3.05) is 6.61 Å². The Morgan fingerprint density at radius 2 is 1.88 bits per heavy atom. The first-order valence-corrected chi connectivity index (χ1v) is 7.03. The summed E-state index contributed by atoms with van der Waals surface area (Å²) in [7, 11) is 0. The van der Waals surface area contributed by atoms with E-state index in [0.717, 1.165) is 21.7 Å². The zero-order valence-corrected chi connectivity index (χ0v) is 12.5. The summed E-state index contributed by atoms with van der Waals surface area (Å²) >= 11 is 6.91. The van der Waals surface area contributed by atoms with Gasteiger partial charge in [0.25, 0.3) is 0 Å². The maximum absolute atomic E-state index is 5.52. The number of rotatable bonds is 4. The van der Waals surface area contributed by atoms with E-state index in [1.54, 1.807) is 0 Å². The standard InChI is InChI=1S/C13H12Br2O2/c1-2-16-10-5-3-9(4-6-10)13(15)11-7-8-12(14)17-11/h3-8,13H,2H2,1H3. The van der Waals surface area contributed by atoms with E-state index in [0.29, 0.717) is 6.61 Å². The van der Waals surface area contributed by atoms with Gasteiger partial charge < -0.3 is 9.15 Å². The number of benzene rings is 1. The van der Waals surface area contributed by atoms with E-state index in [4.69, 9.17) is 9.15 Å². The first kappa shape index (κ1) is 12.7. The van der Waals surface area contributed by atoms with Gasteiger partial charge in [0.05, 0.1) is 11.4 Å². The molecule has 0 aliphatic rings. The summed E-state index contributed by atoms with van der Waals surface area (Å²) in [6.07, 6.45) is 0. The highest BCUT2D eigenvalue weighted by Crippen LogP contribution is 2.33. The van der Waals surface area contributed by atoms with E-state index in [2.05, 4.69) is 31.9 Å². The molecule has 90 valence electrons. The smallest absolute Gasteiger partial charge is 0.169 e. The third-order valence-corrected chi connectivity index (χ3v) is 3.73. The summed E-state index contributed by atoms with van der Waals surface area (Å²) in [6.45, 7) is 2.66. The molecule has 2 rings (SSSR count). The fourth-order valence-corrected chi connectivity index (χ4v) is 2.40. The highest BCUT2D eigenvalue weighted by molar-refractivity contribution is 9.10. The number of hydrogen-bond donors (Lipinski definition) is 0. The van der Waals surface area contributed by atoms with Gasteiger partial charge in [-0.2, -0.15) is 0 Å². The second-order valence-electron chi connectivity index (χ2n) is 3.51. The van der Waals surface area contributed by atoms with E-state index in [-0.39, 0.29) is 4.83 Å². The molecule has 0 aliphatic heterocycles. The van der Waals surface area contributed by atoms with Crippen LogP contribution < -0.4 is 4.74 Å². The number of ether oxygens (including phenoxy) is 1. The molecule has 1 aromatic carbocycles. The van der Waals surface area contributed by atoms with Crippen LogP contribution in [-0.4, -0.2) is 6.61 Å². The Morgan fingerprint density at radius 3 is 2.41 bits per heavy atom. The van der Waals surface area contributed by atoms with E-state index in [1.165, 1.54) is 0 Å². The summed E-state index contributed by atoms with van der Waals surface area (Å²) in [5, 5.41) is 0. The molecule has 1 aromatic heterocycles. The van der Waals surface area contributed by atoms with Crippen LogP contribution in [0.3, 0.4) is 0 Å². The molecule has 4 heteroatoms. The van der Waals surface area contributed by atoms with E-state index in [1.807, 2.05) is 43.3 Å². The first-order valence-electron chi connectivity index (χ1n) is 5.32.